The third kappa shape index (κ3) is 2.43. The van der Waals surface area contributed by atoms with E-state index >= 15 is 0 Å². The topological polar surface area (TPSA) is 43.8 Å². The second kappa shape index (κ2) is 5.31. The maximum absolute atomic E-state index is 14.1. The second-order valence-corrected chi connectivity index (χ2v) is 4.46. The smallest absolute Gasteiger partial charge is 0.147 e. The Morgan fingerprint density at radius 1 is 1.44 bits per heavy atom. The lowest BCUT2D eigenvalue weighted by atomic mass is 10.1. The average molecular weight is 247 g/mol. The number of aryl methyl sites for hydroxylation is 1. The Morgan fingerprint density at radius 2 is 2.22 bits per heavy atom. The summed E-state index contributed by atoms with van der Waals surface area (Å²) in [5, 5.41) is 0. The summed E-state index contributed by atoms with van der Waals surface area (Å²) in [5.41, 5.74) is 7.07. The largest absolute Gasteiger partial charge is 0.324 e. The highest BCUT2D eigenvalue weighted by Crippen LogP contribution is 2.20. The van der Waals surface area contributed by atoms with Crippen LogP contribution in [0.2, 0.25) is 0 Å². The highest BCUT2D eigenvalue weighted by molar-refractivity contribution is 5.38. The van der Waals surface area contributed by atoms with Crippen LogP contribution < -0.4 is 5.73 Å². The Morgan fingerprint density at radius 3 is 2.83 bits per heavy atom. The van der Waals surface area contributed by atoms with E-state index < -0.39 is 0 Å². The number of rotatable bonds is 4. The van der Waals surface area contributed by atoms with Gasteiger partial charge in [-0.3, -0.25) is 0 Å². The lowest BCUT2D eigenvalue weighted by molar-refractivity contribution is 0.609. The summed E-state index contributed by atoms with van der Waals surface area (Å²) >= 11 is 0. The lowest BCUT2D eigenvalue weighted by Crippen LogP contribution is -2.07. The van der Waals surface area contributed by atoms with Gasteiger partial charge in [-0.15, -0.1) is 0 Å². The van der Waals surface area contributed by atoms with Crippen LogP contribution in [0.5, 0.6) is 0 Å². The molecule has 0 bridgehead atoms. The highest BCUT2D eigenvalue weighted by Gasteiger charge is 2.10. The number of hydrogen-bond acceptors (Lipinski definition) is 2. The zero-order valence-electron chi connectivity index (χ0n) is 10.7. The van der Waals surface area contributed by atoms with Gasteiger partial charge >= 0.3 is 0 Å². The van der Waals surface area contributed by atoms with Crippen LogP contribution in [-0.4, -0.2) is 9.55 Å². The van der Waals surface area contributed by atoms with Gasteiger partial charge in [-0.1, -0.05) is 13.0 Å². The van der Waals surface area contributed by atoms with E-state index in [1.54, 1.807) is 23.0 Å². The fourth-order valence-electron chi connectivity index (χ4n) is 1.96. The minimum atomic E-state index is -0.264. The Labute approximate surface area is 106 Å². The fraction of sp³-hybridized carbons (Fsp3) is 0.357. The Bertz CT molecular complexity index is 532. The fourth-order valence-corrected chi connectivity index (χ4v) is 1.96. The molecular weight excluding hydrogens is 229 g/mol. The summed E-state index contributed by atoms with van der Waals surface area (Å²) in [7, 11) is 0. The van der Waals surface area contributed by atoms with Gasteiger partial charge in [-0.2, -0.15) is 0 Å². The molecule has 0 aliphatic rings. The second-order valence-electron chi connectivity index (χ2n) is 4.46. The maximum atomic E-state index is 14.1. The van der Waals surface area contributed by atoms with Crippen LogP contribution >= 0.6 is 0 Å². The van der Waals surface area contributed by atoms with Gasteiger partial charge in [0.1, 0.15) is 11.6 Å². The summed E-state index contributed by atoms with van der Waals surface area (Å²) in [6.45, 7) is 3.92. The van der Waals surface area contributed by atoms with Crippen molar-refractivity contribution < 1.29 is 4.39 Å². The number of hydrogen-bond donors (Lipinski definition) is 1. The van der Waals surface area contributed by atoms with Gasteiger partial charge in [-0.25, -0.2) is 9.37 Å². The zero-order valence-corrected chi connectivity index (χ0v) is 10.7. The van der Waals surface area contributed by atoms with Crippen molar-refractivity contribution in [1.82, 2.24) is 9.55 Å². The Kier molecular flexibility index (Phi) is 3.77. The molecule has 0 saturated carbocycles. The van der Waals surface area contributed by atoms with Crippen LogP contribution in [0.1, 0.15) is 37.7 Å². The molecule has 1 atom stereocenters. The van der Waals surface area contributed by atoms with Crippen LogP contribution in [0.3, 0.4) is 0 Å². The zero-order chi connectivity index (χ0) is 13.1. The van der Waals surface area contributed by atoms with Gasteiger partial charge in [-0.05, 0) is 31.0 Å². The molecule has 0 spiro atoms. The number of imidazole rings is 1. The van der Waals surface area contributed by atoms with Crippen LogP contribution in [0.25, 0.3) is 5.69 Å². The Balaban J connectivity index is 2.41. The molecule has 18 heavy (non-hydrogen) atoms. The molecule has 2 aromatic rings. The standard InChI is InChI=1S/C14H18FN3/c1-3-4-14-17-7-8-18(14)13-6-5-11(10(2)16)9-12(13)15/h5-10H,3-4,16H2,1-2H3/t10-/m0/s1. The van der Waals surface area contributed by atoms with Gasteiger partial charge in [0.25, 0.3) is 0 Å². The predicted molar refractivity (Wildman–Crippen MR) is 70.1 cm³/mol. The van der Waals surface area contributed by atoms with E-state index in [9.17, 15) is 4.39 Å². The molecule has 0 unspecified atom stereocenters. The maximum Gasteiger partial charge on any atom is 0.147 e. The van der Waals surface area contributed by atoms with Crippen molar-refractivity contribution in [1.29, 1.82) is 0 Å². The molecule has 0 fully saturated rings. The Hall–Kier alpha value is -1.68. The first-order valence-corrected chi connectivity index (χ1v) is 6.21. The van der Waals surface area contributed by atoms with Crippen LogP contribution in [0.15, 0.2) is 30.6 Å². The number of nitrogens with two attached hydrogens (primary N) is 1. The van der Waals surface area contributed by atoms with Crippen molar-refractivity contribution >= 4 is 0 Å². The minimum Gasteiger partial charge on any atom is -0.324 e. The normalized spacial score (nSPS) is 12.7. The lowest BCUT2D eigenvalue weighted by Gasteiger charge is -2.11. The van der Waals surface area contributed by atoms with Crippen molar-refractivity contribution in [3.05, 3.63) is 47.8 Å². The van der Waals surface area contributed by atoms with Crippen LogP contribution in [0.4, 0.5) is 4.39 Å². The number of nitrogens with zero attached hydrogens (tertiary/aromatic N) is 2. The molecular formula is C14H18FN3. The molecule has 0 amide bonds. The predicted octanol–water partition coefficient (Wildman–Crippen LogP) is 2.98. The van der Waals surface area contributed by atoms with Gasteiger partial charge in [0.15, 0.2) is 0 Å². The van der Waals surface area contributed by atoms with Gasteiger partial charge in [0.05, 0.1) is 5.69 Å². The third-order valence-corrected chi connectivity index (χ3v) is 2.95. The summed E-state index contributed by atoms with van der Waals surface area (Å²) in [6, 6.07) is 4.95. The van der Waals surface area contributed by atoms with Gasteiger partial charge in [0, 0.05) is 24.9 Å². The van der Waals surface area contributed by atoms with Gasteiger partial charge < -0.3 is 10.3 Å². The monoisotopic (exact) mass is 247 g/mol. The molecule has 1 aromatic heterocycles. The summed E-state index contributed by atoms with van der Waals surface area (Å²) < 4.78 is 15.9. The summed E-state index contributed by atoms with van der Waals surface area (Å²) in [6.07, 6.45) is 5.30. The molecule has 0 radical (unpaired) electrons. The van der Waals surface area contributed by atoms with E-state index in [0.717, 1.165) is 24.2 Å². The highest BCUT2D eigenvalue weighted by atomic mass is 19.1. The summed E-state index contributed by atoms with van der Waals surface area (Å²) in [4.78, 5) is 4.25. The van der Waals surface area contributed by atoms with Crippen molar-refractivity contribution in [2.75, 3.05) is 0 Å². The van der Waals surface area contributed by atoms with E-state index in [2.05, 4.69) is 11.9 Å². The first-order chi connectivity index (χ1) is 8.63. The molecule has 3 nitrogen and oxygen atoms in total. The molecule has 2 rings (SSSR count). The molecule has 2 N–H and O–H groups in total. The molecule has 0 aliphatic heterocycles. The third-order valence-electron chi connectivity index (χ3n) is 2.95. The van der Waals surface area contributed by atoms with Crippen LogP contribution in [0, 0.1) is 5.82 Å². The molecule has 1 heterocycles. The van der Waals surface area contributed by atoms with E-state index in [-0.39, 0.29) is 11.9 Å². The van der Waals surface area contributed by atoms with E-state index in [4.69, 9.17) is 5.73 Å². The van der Waals surface area contributed by atoms with Crippen molar-refractivity contribution in [3.63, 3.8) is 0 Å². The van der Waals surface area contributed by atoms with Gasteiger partial charge in [0.2, 0.25) is 0 Å². The molecule has 0 aliphatic carbocycles. The quantitative estimate of drug-likeness (QED) is 0.902. The van der Waals surface area contributed by atoms with Crippen LogP contribution in [-0.2, 0) is 6.42 Å². The summed E-state index contributed by atoms with van der Waals surface area (Å²) in [5.74, 6) is 0.616. The van der Waals surface area contributed by atoms with Crippen molar-refractivity contribution in [2.24, 2.45) is 5.73 Å². The SMILES string of the molecule is CCCc1nccn1-c1ccc([C@H](C)N)cc1F. The van der Waals surface area contributed by atoms with E-state index in [1.807, 2.05) is 13.0 Å². The van der Waals surface area contributed by atoms with E-state index in [1.165, 1.54) is 6.07 Å². The van der Waals surface area contributed by atoms with Crippen molar-refractivity contribution in [3.8, 4) is 5.69 Å². The molecule has 4 heteroatoms. The van der Waals surface area contributed by atoms with Crippen molar-refractivity contribution in [2.45, 2.75) is 32.7 Å². The average Bonchev–Trinajstić information content (AvgIpc) is 2.77. The molecule has 96 valence electrons. The first-order valence-electron chi connectivity index (χ1n) is 6.21. The van der Waals surface area contributed by atoms with E-state index in [0.29, 0.717) is 5.69 Å². The number of aromatic nitrogens is 2. The first kappa shape index (κ1) is 12.8. The molecule has 0 saturated heterocycles. The number of benzene rings is 1. The molecule has 1 aromatic carbocycles. The number of halogens is 1. The minimum absolute atomic E-state index is 0.161.